The van der Waals surface area contributed by atoms with Gasteiger partial charge in [0, 0.05) is 24.5 Å². The van der Waals surface area contributed by atoms with Gasteiger partial charge in [0.05, 0.1) is 22.5 Å². The summed E-state index contributed by atoms with van der Waals surface area (Å²) >= 11 is 0. The number of hydrogen-bond donors (Lipinski definition) is 3. The first-order valence-electron chi connectivity index (χ1n) is 12.1. The molecule has 0 saturated heterocycles. The van der Waals surface area contributed by atoms with Gasteiger partial charge in [0.1, 0.15) is 6.33 Å². The highest BCUT2D eigenvalue weighted by Gasteiger charge is 2.11. The van der Waals surface area contributed by atoms with Gasteiger partial charge in [-0.2, -0.15) is 0 Å². The van der Waals surface area contributed by atoms with Crippen molar-refractivity contribution in [2.24, 2.45) is 0 Å². The predicted octanol–water partition coefficient (Wildman–Crippen LogP) is 4.53. The Bertz CT molecular complexity index is 1480. The van der Waals surface area contributed by atoms with Gasteiger partial charge < -0.3 is 15.5 Å². The summed E-state index contributed by atoms with van der Waals surface area (Å²) in [5.74, 6) is 0.0734. The van der Waals surface area contributed by atoms with E-state index < -0.39 is 10.0 Å². The minimum absolute atomic E-state index is 0.0734. The summed E-state index contributed by atoms with van der Waals surface area (Å²) in [4.78, 5) is 18.6. The van der Waals surface area contributed by atoms with Crippen LogP contribution in [-0.4, -0.2) is 61.8 Å². The molecule has 1 heterocycles. The van der Waals surface area contributed by atoms with Crippen LogP contribution >= 0.6 is 0 Å². The highest BCUT2D eigenvalue weighted by molar-refractivity contribution is 7.92. The van der Waals surface area contributed by atoms with Crippen molar-refractivity contribution < 1.29 is 13.2 Å². The molecule has 0 aliphatic heterocycles. The standard InChI is InChI=1S/C27H32N6O3S/c1-4-16-37(35,36)31-23-6-5-7-24(18-23)33-19-29-25-13-10-21(17-26(25)33)20-8-11-22(12-9-20)30-27(34)28-14-15-32(2)3/h5-13,17-19,31H,4,14-16H2,1-3H3,(H2,28,30,34). The van der Waals surface area contributed by atoms with E-state index in [1.807, 2.05) is 85.1 Å². The Morgan fingerprint density at radius 1 is 0.973 bits per heavy atom. The topological polar surface area (TPSA) is 108 Å². The number of fused-ring (bicyclic) bond motifs is 1. The van der Waals surface area contributed by atoms with E-state index in [0.717, 1.165) is 34.4 Å². The first-order valence-corrected chi connectivity index (χ1v) is 13.8. The number of urea groups is 1. The van der Waals surface area contributed by atoms with Crippen molar-refractivity contribution in [3.8, 4) is 16.8 Å². The average Bonchev–Trinajstić information content (AvgIpc) is 3.27. The van der Waals surface area contributed by atoms with Crippen molar-refractivity contribution in [3.63, 3.8) is 0 Å². The molecule has 194 valence electrons. The van der Waals surface area contributed by atoms with E-state index in [1.54, 1.807) is 18.5 Å². The lowest BCUT2D eigenvalue weighted by atomic mass is 10.0. The molecule has 0 atom stereocenters. The maximum absolute atomic E-state index is 12.2. The number of carbonyl (C=O) groups excluding carboxylic acids is 1. The predicted molar refractivity (Wildman–Crippen MR) is 150 cm³/mol. The Labute approximate surface area is 217 Å². The van der Waals surface area contributed by atoms with Gasteiger partial charge in [0.2, 0.25) is 10.0 Å². The molecule has 0 saturated carbocycles. The molecule has 0 fully saturated rings. The van der Waals surface area contributed by atoms with E-state index in [0.29, 0.717) is 24.3 Å². The summed E-state index contributed by atoms with van der Waals surface area (Å²) in [5.41, 5.74) is 5.74. The number of aromatic nitrogens is 2. The van der Waals surface area contributed by atoms with E-state index in [1.165, 1.54) is 0 Å². The van der Waals surface area contributed by atoms with Gasteiger partial charge in [-0.3, -0.25) is 9.29 Å². The van der Waals surface area contributed by atoms with Crippen LogP contribution in [0.5, 0.6) is 0 Å². The first-order chi connectivity index (χ1) is 17.7. The highest BCUT2D eigenvalue weighted by atomic mass is 32.2. The highest BCUT2D eigenvalue weighted by Crippen LogP contribution is 2.27. The van der Waals surface area contributed by atoms with Crippen LogP contribution in [0, 0.1) is 0 Å². The lowest BCUT2D eigenvalue weighted by Gasteiger charge is -2.12. The third kappa shape index (κ3) is 6.87. The smallest absolute Gasteiger partial charge is 0.319 e. The van der Waals surface area contributed by atoms with Crippen molar-refractivity contribution in [2.45, 2.75) is 13.3 Å². The number of hydrogen-bond acceptors (Lipinski definition) is 5. The third-order valence-corrected chi connectivity index (χ3v) is 7.23. The zero-order valence-electron chi connectivity index (χ0n) is 21.2. The Morgan fingerprint density at radius 2 is 1.73 bits per heavy atom. The number of nitrogens with zero attached hydrogens (tertiary/aromatic N) is 3. The summed E-state index contributed by atoms with van der Waals surface area (Å²) in [7, 11) is 0.531. The maximum Gasteiger partial charge on any atom is 0.319 e. The van der Waals surface area contributed by atoms with Crippen LogP contribution in [0.25, 0.3) is 27.8 Å². The molecule has 3 aromatic carbocycles. The fourth-order valence-electron chi connectivity index (χ4n) is 3.93. The van der Waals surface area contributed by atoms with Crippen molar-refractivity contribution in [2.75, 3.05) is 43.0 Å². The second-order valence-corrected chi connectivity index (χ2v) is 10.9. The minimum Gasteiger partial charge on any atom is -0.337 e. The van der Waals surface area contributed by atoms with Gasteiger partial charge in [-0.1, -0.05) is 31.2 Å². The normalized spacial score (nSPS) is 11.6. The van der Waals surface area contributed by atoms with Crippen LogP contribution in [0.1, 0.15) is 13.3 Å². The van der Waals surface area contributed by atoms with Crippen LogP contribution in [0.15, 0.2) is 73.1 Å². The number of anilines is 2. The largest absolute Gasteiger partial charge is 0.337 e. The van der Waals surface area contributed by atoms with E-state index >= 15 is 0 Å². The number of benzene rings is 3. The van der Waals surface area contributed by atoms with Crippen molar-refractivity contribution in [1.82, 2.24) is 19.8 Å². The summed E-state index contributed by atoms with van der Waals surface area (Å²) in [6, 6.07) is 20.7. The van der Waals surface area contributed by atoms with E-state index in [9.17, 15) is 13.2 Å². The minimum atomic E-state index is -3.38. The number of rotatable bonds is 10. The summed E-state index contributed by atoms with van der Waals surface area (Å²) < 4.78 is 29.0. The zero-order valence-corrected chi connectivity index (χ0v) is 22.0. The molecule has 3 N–H and O–H groups in total. The molecule has 1 aromatic heterocycles. The Hall–Kier alpha value is -3.89. The second kappa shape index (κ2) is 11.4. The van der Waals surface area contributed by atoms with Gasteiger partial charge in [-0.05, 0) is 74.1 Å². The summed E-state index contributed by atoms with van der Waals surface area (Å²) in [6.45, 7) is 3.17. The number of carbonyl (C=O) groups is 1. The molecule has 0 aliphatic carbocycles. The second-order valence-electron chi connectivity index (χ2n) is 9.05. The molecule has 0 bridgehead atoms. The quantitative estimate of drug-likeness (QED) is 0.285. The van der Waals surface area contributed by atoms with Crippen LogP contribution < -0.4 is 15.4 Å². The number of likely N-dealkylation sites (N-methyl/N-ethyl adjacent to an activating group) is 1. The molecular formula is C27H32N6O3S. The molecule has 9 nitrogen and oxygen atoms in total. The lowest BCUT2D eigenvalue weighted by molar-refractivity contribution is 0.250. The third-order valence-electron chi connectivity index (χ3n) is 5.74. The molecule has 2 amide bonds. The molecule has 10 heteroatoms. The number of sulfonamides is 1. The zero-order chi connectivity index (χ0) is 26.4. The van der Waals surface area contributed by atoms with E-state index in [4.69, 9.17) is 0 Å². The first kappa shape index (κ1) is 26.2. The summed E-state index contributed by atoms with van der Waals surface area (Å²) in [6.07, 6.45) is 2.28. The maximum atomic E-state index is 12.2. The SMILES string of the molecule is CCCS(=O)(=O)Nc1cccc(-n2cnc3ccc(-c4ccc(NC(=O)NCCN(C)C)cc4)cc32)c1. The lowest BCUT2D eigenvalue weighted by Crippen LogP contribution is -2.34. The van der Waals surface area contributed by atoms with Crippen molar-refractivity contribution in [3.05, 3.63) is 73.1 Å². The van der Waals surface area contributed by atoms with Crippen LogP contribution in [-0.2, 0) is 10.0 Å². The van der Waals surface area contributed by atoms with Crippen molar-refractivity contribution >= 4 is 38.5 Å². The molecule has 0 aliphatic rings. The molecule has 0 spiro atoms. The van der Waals surface area contributed by atoms with Gasteiger partial charge in [0.15, 0.2) is 0 Å². The molecule has 0 radical (unpaired) electrons. The number of imidazole rings is 1. The van der Waals surface area contributed by atoms with E-state index in [-0.39, 0.29) is 11.8 Å². The Kier molecular flexibility index (Phi) is 8.10. The summed E-state index contributed by atoms with van der Waals surface area (Å²) in [5, 5.41) is 5.68. The van der Waals surface area contributed by atoms with Gasteiger partial charge >= 0.3 is 6.03 Å². The Balaban J connectivity index is 1.53. The fourth-order valence-corrected chi connectivity index (χ4v) is 5.05. The average molecular weight is 521 g/mol. The van der Waals surface area contributed by atoms with Gasteiger partial charge in [-0.15, -0.1) is 0 Å². The van der Waals surface area contributed by atoms with Crippen LogP contribution in [0.4, 0.5) is 16.2 Å². The number of amides is 2. The van der Waals surface area contributed by atoms with Crippen LogP contribution in [0.2, 0.25) is 0 Å². The molecule has 4 rings (SSSR count). The molecule has 0 unspecified atom stereocenters. The van der Waals surface area contributed by atoms with Crippen LogP contribution in [0.3, 0.4) is 0 Å². The van der Waals surface area contributed by atoms with Gasteiger partial charge in [0.25, 0.3) is 0 Å². The number of nitrogens with one attached hydrogen (secondary N) is 3. The Morgan fingerprint density at radius 3 is 2.46 bits per heavy atom. The van der Waals surface area contributed by atoms with Gasteiger partial charge in [-0.25, -0.2) is 18.2 Å². The molecular weight excluding hydrogens is 488 g/mol. The molecule has 4 aromatic rings. The fraction of sp³-hybridized carbons (Fsp3) is 0.259. The van der Waals surface area contributed by atoms with Crippen molar-refractivity contribution in [1.29, 1.82) is 0 Å². The van der Waals surface area contributed by atoms with E-state index in [2.05, 4.69) is 20.3 Å². The molecule has 37 heavy (non-hydrogen) atoms. The monoisotopic (exact) mass is 520 g/mol.